The van der Waals surface area contributed by atoms with Crippen molar-refractivity contribution in [2.45, 2.75) is 24.0 Å². The molecule has 0 atom stereocenters. The molecule has 1 amide bonds. The van der Waals surface area contributed by atoms with Gasteiger partial charge < -0.3 is 5.32 Å². The summed E-state index contributed by atoms with van der Waals surface area (Å²) in [5, 5.41) is 5.17. The summed E-state index contributed by atoms with van der Waals surface area (Å²) in [6.07, 6.45) is 0.0847. The average Bonchev–Trinajstić information content (AvgIpc) is 2.84. The lowest BCUT2D eigenvalue weighted by Gasteiger charge is -2.06. The first-order valence-corrected chi connectivity index (χ1v) is 8.54. The third-order valence-corrected chi connectivity index (χ3v) is 4.93. The van der Waals surface area contributed by atoms with Gasteiger partial charge in [0.2, 0.25) is 15.7 Å². The number of carbonyl (C=O) groups excluding carboxylic acids is 1. The van der Waals surface area contributed by atoms with Crippen LogP contribution in [-0.4, -0.2) is 25.1 Å². The number of nitrogens with one attached hydrogen (secondary N) is 1. The zero-order chi connectivity index (χ0) is 16.3. The van der Waals surface area contributed by atoms with Gasteiger partial charge in [-0.05, 0) is 31.2 Å². The van der Waals surface area contributed by atoms with Crippen molar-refractivity contribution in [2.75, 3.05) is 5.32 Å². The lowest BCUT2D eigenvalue weighted by molar-refractivity contribution is -0.115. The summed E-state index contributed by atoms with van der Waals surface area (Å²) in [5.74, 6) is -3.80. The van der Waals surface area contributed by atoms with Gasteiger partial charge >= 0.3 is 5.76 Å². The maximum atomic E-state index is 12.4. The molecule has 0 fully saturated rings. The van der Waals surface area contributed by atoms with Crippen molar-refractivity contribution in [1.29, 1.82) is 0 Å². The number of anilines is 1. The first-order chi connectivity index (χ1) is 10.3. The number of halogens is 2. The van der Waals surface area contributed by atoms with Gasteiger partial charge in [0, 0.05) is 11.1 Å². The van der Waals surface area contributed by atoms with Crippen molar-refractivity contribution < 1.29 is 22.0 Å². The molecule has 0 unspecified atom stereocenters. The van der Waals surface area contributed by atoms with E-state index in [0.29, 0.717) is 11.4 Å². The van der Waals surface area contributed by atoms with Crippen LogP contribution in [0.25, 0.3) is 0 Å². The molecule has 118 valence electrons. The SMILES string of the molecule is Cc1nc(CC(=O)Nc2ccc(S(=O)(=O)C(F)F)cc2)cs1. The van der Waals surface area contributed by atoms with Gasteiger partial charge in [-0.15, -0.1) is 11.3 Å². The van der Waals surface area contributed by atoms with Crippen LogP contribution >= 0.6 is 11.3 Å². The predicted octanol–water partition coefficient (Wildman–Crippen LogP) is 2.63. The van der Waals surface area contributed by atoms with Crippen molar-refractivity contribution in [3.05, 3.63) is 40.3 Å². The molecule has 0 saturated heterocycles. The summed E-state index contributed by atoms with van der Waals surface area (Å²) in [5.41, 5.74) is 0.960. The Morgan fingerprint density at radius 1 is 1.32 bits per heavy atom. The number of hydrogen-bond donors (Lipinski definition) is 1. The molecule has 1 aromatic heterocycles. The second kappa shape index (κ2) is 6.49. The van der Waals surface area contributed by atoms with Crippen molar-refractivity contribution in [2.24, 2.45) is 0 Å². The molecule has 1 aromatic carbocycles. The minimum Gasteiger partial charge on any atom is -0.326 e. The summed E-state index contributed by atoms with van der Waals surface area (Å²) in [6.45, 7) is 1.83. The highest BCUT2D eigenvalue weighted by Gasteiger charge is 2.26. The quantitative estimate of drug-likeness (QED) is 0.903. The maximum Gasteiger partial charge on any atom is 0.341 e. The third kappa shape index (κ3) is 3.86. The van der Waals surface area contributed by atoms with Crippen LogP contribution in [0.2, 0.25) is 0 Å². The lowest BCUT2D eigenvalue weighted by atomic mass is 10.3. The first kappa shape index (κ1) is 16.5. The highest BCUT2D eigenvalue weighted by Crippen LogP contribution is 2.20. The second-order valence-corrected chi connectivity index (χ2v) is 7.39. The third-order valence-electron chi connectivity index (χ3n) is 2.71. The van der Waals surface area contributed by atoms with E-state index in [1.807, 2.05) is 6.92 Å². The van der Waals surface area contributed by atoms with Crippen molar-refractivity contribution in [3.63, 3.8) is 0 Å². The fourth-order valence-electron chi connectivity index (χ4n) is 1.69. The molecular formula is C13H12F2N2O3S2. The summed E-state index contributed by atoms with van der Waals surface area (Å²) >= 11 is 1.43. The molecule has 0 spiro atoms. The van der Waals surface area contributed by atoms with E-state index >= 15 is 0 Å². The van der Waals surface area contributed by atoms with Gasteiger partial charge in [-0.1, -0.05) is 0 Å². The number of aryl methyl sites for hydroxylation is 1. The van der Waals surface area contributed by atoms with Gasteiger partial charge in [-0.2, -0.15) is 8.78 Å². The van der Waals surface area contributed by atoms with E-state index < -0.39 is 20.5 Å². The van der Waals surface area contributed by atoms with Gasteiger partial charge in [0.15, 0.2) is 0 Å². The van der Waals surface area contributed by atoms with Gasteiger partial charge in [0.05, 0.1) is 22.0 Å². The Hall–Kier alpha value is -1.87. The zero-order valence-electron chi connectivity index (χ0n) is 11.4. The number of benzene rings is 1. The number of alkyl halides is 2. The molecule has 22 heavy (non-hydrogen) atoms. The maximum absolute atomic E-state index is 12.4. The predicted molar refractivity (Wildman–Crippen MR) is 78.8 cm³/mol. The number of carbonyl (C=O) groups is 1. The highest BCUT2D eigenvalue weighted by atomic mass is 32.2. The van der Waals surface area contributed by atoms with Crippen LogP contribution in [0.4, 0.5) is 14.5 Å². The number of amides is 1. The number of nitrogens with zero attached hydrogens (tertiary/aromatic N) is 1. The Kier molecular flexibility index (Phi) is 4.87. The van der Waals surface area contributed by atoms with E-state index in [1.54, 1.807) is 5.38 Å². The molecule has 0 aliphatic rings. The number of hydrogen-bond acceptors (Lipinski definition) is 5. The smallest absolute Gasteiger partial charge is 0.326 e. The van der Waals surface area contributed by atoms with E-state index in [2.05, 4.69) is 10.3 Å². The van der Waals surface area contributed by atoms with Gasteiger partial charge in [-0.25, -0.2) is 13.4 Å². The Bertz CT molecular complexity index is 771. The number of sulfone groups is 1. The Labute approximate surface area is 129 Å². The largest absolute Gasteiger partial charge is 0.341 e. The Morgan fingerprint density at radius 2 is 1.95 bits per heavy atom. The monoisotopic (exact) mass is 346 g/mol. The molecule has 2 aromatic rings. The molecule has 1 N–H and O–H groups in total. The van der Waals surface area contributed by atoms with Crippen LogP contribution in [-0.2, 0) is 21.1 Å². The fraction of sp³-hybridized carbons (Fsp3) is 0.231. The molecule has 0 aliphatic heterocycles. The molecule has 0 radical (unpaired) electrons. The lowest BCUT2D eigenvalue weighted by Crippen LogP contribution is -2.15. The van der Waals surface area contributed by atoms with Crippen molar-refractivity contribution >= 4 is 32.8 Å². The molecule has 9 heteroatoms. The van der Waals surface area contributed by atoms with Crippen LogP contribution in [0.5, 0.6) is 0 Å². The molecule has 0 aliphatic carbocycles. The molecular weight excluding hydrogens is 334 g/mol. The normalized spacial score (nSPS) is 11.6. The van der Waals surface area contributed by atoms with Crippen LogP contribution in [0, 0.1) is 6.92 Å². The highest BCUT2D eigenvalue weighted by molar-refractivity contribution is 7.91. The Morgan fingerprint density at radius 3 is 2.45 bits per heavy atom. The van der Waals surface area contributed by atoms with E-state index in [1.165, 1.54) is 23.5 Å². The summed E-state index contributed by atoms with van der Waals surface area (Å²) in [7, 11) is -4.62. The van der Waals surface area contributed by atoms with Crippen LogP contribution in [0.15, 0.2) is 34.5 Å². The van der Waals surface area contributed by atoms with Crippen LogP contribution in [0.3, 0.4) is 0 Å². The van der Waals surface area contributed by atoms with E-state index in [4.69, 9.17) is 0 Å². The Balaban J connectivity index is 2.04. The van der Waals surface area contributed by atoms with Crippen molar-refractivity contribution in [1.82, 2.24) is 4.98 Å². The van der Waals surface area contributed by atoms with Crippen LogP contribution in [0.1, 0.15) is 10.7 Å². The minimum atomic E-state index is -4.62. The molecule has 2 rings (SSSR count). The average molecular weight is 346 g/mol. The number of aromatic nitrogens is 1. The number of rotatable bonds is 5. The first-order valence-electron chi connectivity index (χ1n) is 6.12. The van der Waals surface area contributed by atoms with E-state index in [9.17, 15) is 22.0 Å². The number of thiazole rings is 1. The van der Waals surface area contributed by atoms with Crippen LogP contribution < -0.4 is 5.32 Å². The van der Waals surface area contributed by atoms with Gasteiger partial charge in [0.1, 0.15) is 0 Å². The van der Waals surface area contributed by atoms with E-state index in [0.717, 1.165) is 17.1 Å². The summed E-state index contributed by atoms with van der Waals surface area (Å²) < 4.78 is 47.3. The topological polar surface area (TPSA) is 76.1 Å². The second-order valence-electron chi connectivity index (χ2n) is 4.41. The zero-order valence-corrected chi connectivity index (χ0v) is 13.0. The summed E-state index contributed by atoms with van der Waals surface area (Å²) in [6, 6.07) is 4.59. The molecule has 0 bridgehead atoms. The van der Waals surface area contributed by atoms with Gasteiger partial charge in [-0.3, -0.25) is 4.79 Å². The van der Waals surface area contributed by atoms with Gasteiger partial charge in [0.25, 0.3) is 0 Å². The fourth-order valence-corrected chi connectivity index (χ4v) is 3.02. The minimum absolute atomic E-state index is 0.0847. The molecule has 5 nitrogen and oxygen atoms in total. The van der Waals surface area contributed by atoms with E-state index in [-0.39, 0.29) is 12.3 Å². The molecule has 1 heterocycles. The molecule has 0 saturated carbocycles. The summed E-state index contributed by atoms with van der Waals surface area (Å²) in [4.78, 5) is 15.5. The standard InChI is InChI=1S/C13H12F2N2O3S2/c1-8-16-10(7-21-8)6-12(18)17-9-2-4-11(5-3-9)22(19,20)13(14)15/h2-5,7,13H,6H2,1H3,(H,17,18). The van der Waals surface area contributed by atoms with Crippen molar-refractivity contribution in [3.8, 4) is 0 Å².